The lowest BCUT2D eigenvalue weighted by atomic mass is 9.80. The smallest absolute Gasteiger partial charge is 0.188 e. The molecule has 0 radical (unpaired) electrons. The Morgan fingerprint density at radius 1 is 1.47 bits per heavy atom. The van der Waals surface area contributed by atoms with Crippen molar-refractivity contribution in [2.75, 3.05) is 6.61 Å². The van der Waals surface area contributed by atoms with Crippen molar-refractivity contribution in [2.24, 2.45) is 5.92 Å². The zero-order valence-corrected chi connectivity index (χ0v) is 11.4. The fourth-order valence-electron chi connectivity index (χ4n) is 1.95. The number of hydrogen-bond donors (Lipinski definition) is 2. The Balaban J connectivity index is 2.68. The lowest BCUT2D eigenvalue weighted by molar-refractivity contribution is 0.112. The van der Waals surface area contributed by atoms with Crippen LogP contribution in [0.2, 0.25) is 18.1 Å². The molecule has 0 aliphatic carbocycles. The highest BCUT2D eigenvalue weighted by Crippen LogP contribution is 2.44. The minimum absolute atomic E-state index is 0.0827. The first-order valence-corrected chi connectivity index (χ1v) is 8.62. The van der Waals surface area contributed by atoms with Crippen molar-refractivity contribution in [3.05, 3.63) is 0 Å². The SMILES string of the molecule is B[C@@H]1OCC(O)C1CC(C)(C)[Si](C)(C)O. The highest BCUT2D eigenvalue weighted by Gasteiger charge is 2.44. The summed E-state index contributed by atoms with van der Waals surface area (Å²) in [5.74, 6) is 0.166. The van der Waals surface area contributed by atoms with Gasteiger partial charge in [-0.3, -0.25) is 0 Å². The molecule has 5 heteroatoms. The van der Waals surface area contributed by atoms with E-state index in [1.807, 2.05) is 20.9 Å². The van der Waals surface area contributed by atoms with E-state index < -0.39 is 8.32 Å². The molecule has 1 heterocycles. The molecule has 0 aromatic rings. The summed E-state index contributed by atoms with van der Waals surface area (Å²) < 4.78 is 5.42. The molecule has 3 atom stereocenters. The molecular formula is C10H23BO3Si. The van der Waals surface area contributed by atoms with Crippen molar-refractivity contribution < 1.29 is 14.6 Å². The lowest BCUT2D eigenvalue weighted by Gasteiger charge is -2.38. The van der Waals surface area contributed by atoms with Crippen molar-refractivity contribution in [2.45, 2.75) is 50.5 Å². The summed E-state index contributed by atoms with van der Waals surface area (Å²) >= 11 is 0. The first-order chi connectivity index (χ1) is 6.65. The van der Waals surface area contributed by atoms with Crippen LogP contribution in [0.3, 0.4) is 0 Å². The predicted molar refractivity (Wildman–Crippen MR) is 66.1 cm³/mol. The molecule has 1 rings (SSSR count). The lowest BCUT2D eigenvalue weighted by Crippen LogP contribution is -2.42. The van der Waals surface area contributed by atoms with Gasteiger partial charge in [0.15, 0.2) is 8.32 Å². The van der Waals surface area contributed by atoms with Crippen molar-refractivity contribution in [1.29, 1.82) is 0 Å². The highest BCUT2D eigenvalue weighted by atomic mass is 28.4. The zero-order valence-electron chi connectivity index (χ0n) is 10.4. The van der Waals surface area contributed by atoms with Crippen LogP contribution in [-0.4, -0.2) is 44.8 Å². The van der Waals surface area contributed by atoms with Gasteiger partial charge in [-0.05, 0) is 24.6 Å². The van der Waals surface area contributed by atoms with E-state index in [0.717, 1.165) is 6.42 Å². The minimum Gasteiger partial charge on any atom is -0.432 e. The van der Waals surface area contributed by atoms with E-state index in [1.165, 1.54) is 0 Å². The quantitative estimate of drug-likeness (QED) is 0.686. The molecule has 0 aromatic heterocycles. The molecule has 1 aliphatic heterocycles. The fraction of sp³-hybridized carbons (Fsp3) is 1.00. The molecular weight excluding hydrogens is 207 g/mol. The standard InChI is InChI=1S/C10H23BO3Si/c1-10(2,15(3,4)13)5-7-8(12)6-14-9(7)11/h7-9,12-13H,5-6,11H2,1-4H3/t7?,8?,9-/m1/s1. The molecule has 0 aromatic carbocycles. The van der Waals surface area contributed by atoms with Crippen LogP contribution in [0.5, 0.6) is 0 Å². The number of aliphatic hydroxyl groups is 1. The van der Waals surface area contributed by atoms with Gasteiger partial charge >= 0.3 is 0 Å². The molecule has 2 unspecified atom stereocenters. The Kier molecular flexibility index (Phi) is 3.71. The van der Waals surface area contributed by atoms with Crippen LogP contribution in [0.15, 0.2) is 0 Å². The summed E-state index contributed by atoms with van der Waals surface area (Å²) in [4.78, 5) is 10.2. The Labute approximate surface area is 94.4 Å². The largest absolute Gasteiger partial charge is 0.432 e. The second-order valence-electron chi connectivity index (χ2n) is 5.92. The number of hydrogen-bond acceptors (Lipinski definition) is 3. The van der Waals surface area contributed by atoms with Crippen LogP contribution < -0.4 is 0 Å². The van der Waals surface area contributed by atoms with Gasteiger partial charge in [0.2, 0.25) is 0 Å². The van der Waals surface area contributed by atoms with Gasteiger partial charge in [-0.1, -0.05) is 13.8 Å². The van der Waals surface area contributed by atoms with Crippen molar-refractivity contribution in [1.82, 2.24) is 0 Å². The maximum atomic E-state index is 10.2. The Hall–Kier alpha value is 0.162. The first-order valence-electron chi connectivity index (χ1n) is 5.67. The number of aliphatic hydroxyl groups excluding tert-OH is 1. The van der Waals surface area contributed by atoms with Crippen LogP contribution in [-0.2, 0) is 4.74 Å². The summed E-state index contributed by atoms with van der Waals surface area (Å²) in [6.45, 7) is 8.54. The van der Waals surface area contributed by atoms with Crippen LogP contribution >= 0.6 is 0 Å². The van der Waals surface area contributed by atoms with Gasteiger partial charge in [0, 0.05) is 11.9 Å². The Bertz CT molecular complexity index is 217. The van der Waals surface area contributed by atoms with E-state index in [0.29, 0.717) is 6.61 Å². The van der Waals surface area contributed by atoms with Crippen molar-refractivity contribution >= 4 is 16.2 Å². The highest BCUT2D eigenvalue weighted by molar-refractivity contribution is 6.72. The number of ether oxygens (including phenoxy) is 1. The van der Waals surface area contributed by atoms with E-state index >= 15 is 0 Å². The molecule has 0 saturated carbocycles. The van der Waals surface area contributed by atoms with Crippen molar-refractivity contribution in [3.63, 3.8) is 0 Å². The maximum Gasteiger partial charge on any atom is 0.188 e. The fourth-order valence-corrected chi connectivity index (χ4v) is 2.69. The second kappa shape index (κ2) is 4.20. The monoisotopic (exact) mass is 230 g/mol. The third kappa shape index (κ3) is 2.84. The molecule has 3 nitrogen and oxygen atoms in total. The molecule has 1 fully saturated rings. The summed E-state index contributed by atoms with van der Waals surface area (Å²) in [6.07, 6.45) is 0.473. The van der Waals surface area contributed by atoms with Gasteiger partial charge < -0.3 is 14.6 Å². The summed E-state index contributed by atoms with van der Waals surface area (Å²) in [5.41, 5.74) is 0. The summed E-state index contributed by atoms with van der Waals surface area (Å²) in [5, 5.41) is 9.71. The van der Waals surface area contributed by atoms with Crippen LogP contribution in [0.4, 0.5) is 0 Å². The van der Waals surface area contributed by atoms with Gasteiger partial charge in [-0.2, -0.15) is 0 Å². The molecule has 0 amide bonds. The van der Waals surface area contributed by atoms with Crippen LogP contribution in [0.25, 0.3) is 0 Å². The average molecular weight is 230 g/mol. The molecule has 1 saturated heterocycles. The number of rotatable bonds is 3. The van der Waals surface area contributed by atoms with Gasteiger partial charge in [0.25, 0.3) is 0 Å². The molecule has 88 valence electrons. The molecule has 2 N–H and O–H groups in total. The third-order valence-electron chi connectivity index (χ3n) is 4.03. The molecule has 15 heavy (non-hydrogen) atoms. The van der Waals surface area contributed by atoms with Gasteiger partial charge in [-0.25, -0.2) is 0 Å². The van der Waals surface area contributed by atoms with Crippen LogP contribution in [0, 0.1) is 5.92 Å². The zero-order chi connectivity index (χ0) is 11.9. The summed E-state index contributed by atoms with van der Waals surface area (Å²) in [7, 11) is -0.175. The predicted octanol–water partition coefficient (Wildman–Crippen LogP) is 0.321. The topological polar surface area (TPSA) is 49.7 Å². The normalized spacial score (nSPS) is 33.3. The average Bonchev–Trinajstić information content (AvgIpc) is 2.33. The van der Waals surface area contributed by atoms with Gasteiger partial charge in [0.05, 0.1) is 12.7 Å². The van der Waals surface area contributed by atoms with Gasteiger partial charge in [-0.15, -0.1) is 0 Å². The summed E-state index contributed by atoms with van der Waals surface area (Å²) in [6, 6.07) is 0.107. The van der Waals surface area contributed by atoms with E-state index in [2.05, 4.69) is 13.8 Å². The second-order valence-corrected chi connectivity index (χ2v) is 10.4. The van der Waals surface area contributed by atoms with Crippen molar-refractivity contribution in [3.8, 4) is 0 Å². The third-order valence-corrected chi connectivity index (χ3v) is 7.55. The first kappa shape index (κ1) is 13.2. The Morgan fingerprint density at radius 2 is 2.00 bits per heavy atom. The van der Waals surface area contributed by atoms with E-state index in [4.69, 9.17) is 4.74 Å². The Morgan fingerprint density at radius 3 is 2.33 bits per heavy atom. The van der Waals surface area contributed by atoms with E-state index in [1.54, 1.807) is 0 Å². The molecule has 1 aliphatic rings. The maximum absolute atomic E-state index is 10.2. The minimum atomic E-state index is -2.18. The van der Waals surface area contributed by atoms with Crippen LogP contribution in [0.1, 0.15) is 20.3 Å². The van der Waals surface area contributed by atoms with E-state index in [9.17, 15) is 9.90 Å². The van der Waals surface area contributed by atoms with E-state index in [-0.39, 0.29) is 23.1 Å². The van der Waals surface area contributed by atoms with Gasteiger partial charge in [0.1, 0.15) is 7.85 Å². The molecule has 0 bridgehead atoms. The molecule has 0 spiro atoms.